The Bertz CT molecular complexity index is 339. The van der Waals surface area contributed by atoms with E-state index in [-0.39, 0.29) is 0 Å². The molecule has 0 aliphatic rings. The number of hydrogen-bond acceptors (Lipinski definition) is 2. The third kappa shape index (κ3) is 3.49. The number of nitrogens with zero attached hydrogens (tertiary/aromatic N) is 2. The lowest BCUT2D eigenvalue weighted by Gasteiger charge is -2.07. The van der Waals surface area contributed by atoms with Crippen LogP contribution in [-0.2, 0) is 13.1 Å². The molecule has 0 aliphatic carbocycles. The van der Waals surface area contributed by atoms with Crippen molar-refractivity contribution in [2.24, 2.45) is 0 Å². The molecule has 0 spiro atoms. The smallest absolute Gasteiger partial charge is 0.0619 e. The van der Waals surface area contributed by atoms with E-state index in [1.54, 1.807) is 0 Å². The summed E-state index contributed by atoms with van der Waals surface area (Å²) >= 11 is 0. The van der Waals surface area contributed by atoms with E-state index in [1.165, 1.54) is 23.3 Å². The van der Waals surface area contributed by atoms with Gasteiger partial charge in [0.15, 0.2) is 0 Å². The Morgan fingerprint density at radius 3 is 2.88 bits per heavy atom. The molecule has 0 saturated heterocycles. The summed E-state index contributed by atoms with van der Waals surface area (Å²) in [7, 11) is 0. The molecular formula is C13H23N3. The fourth-order valence-electron chi connectivity index (χ4n) is 1.54. The highest BCUT2D eigenvalue weighted by Crippen LogP contribution is 2.10. The summed E-state index contributed by atoms with van der Waals surface area (Å²) in [6.07, 6.45) is 4.14. The molecule has 0 bridgehead atoms. The second-order valence-corrected chi connectivity index (χ2v) is 4.19. The maximum atomic E-state index is 4.40. The van der Waals surface area contributed by atoms with E-state index in [9.17, 15) is 0 Å². The van der Waals surface area contributed by atoms with Crippen LogP contribution >= 0.6 is 0 Å². The van der Waals surface area contributed by atoms with Crippen LogP contribution in [0, 0.1) is 6.92 Å². The van der Waals surface area contributed by atoms with Gasteiger partial charge in [-0.15, -0.1) is 0 Å². The first kappa shape index (κ1) is 13.0. The van der Waals surface area contributed by atoms with Crippen molar-refractivity contribution in [3.05, 3.63) is 29.6 Å². The third-order valence-electron chi connectivity index (χ3n) is 2.82. The van der Waals surface area contributed by atoms with Gasteiger partial charge in [0, 0.05) is 17.8 Å². The molecule has 90 valence electrons. The molecule has 1 heterocycles. The summed E-state index contributed by atoms with van der Waals surface area (Å²) in [5.74, 6) is 0. The minimum atomic E-state index is 0.843. The van der Waals surface area contributed by atoms with Crippen LogP contribution in [0.15, 0.2) is 18.3 Å². The lowest BCUT2D eigenvalue weighted by atomic mass is 10.2. The summed E-state index contributed by atoms with van der Waals surface area (Å²) in [5.41, 5.74) is 3.76. The molecular weight excluding hydrogens is 198 g/mol. The average Bonchev–Trinajstić information content (AvgIpc) is 2.62. The summed E-state index contributed by atoms with van der Waals surface area (Å²) in [6, 6.07) is 0. The molecule has 0 aromatic carbocycles. The lowest BCUT2D eigenvalue weighted by molar-refractivity contribution is 0.637. The van der Waals surface area contributed by atoms with Gasteiger partial charge in [-0.3, -0.25) is 4.68 Å². The van der Waals surface area contributed by atoms with E-state index in [0.717, 1.165) is 26.1 Å². The standard InChI is InChI=1S/C13H23N3/c1-5-7-14-8-13-9-15-16(12(13)4)10-11(3)6-2/h9,14H,3,5-8,10H2,1-2,4H3. The van der Waals surface area contributed by atoms with Crippen LogP contribution in [-0.4, -0.2) is 16.3 Å². The third-order valence-corrected chi connectivity index (χ3v) is 2.82. The number of hydrogen-bond donors (Lipinski definition) is 1. The van der Waals surface area contributed by atoms with E-state index in [2.05, 4.69) is 37.8 Å². The predicted molar refractivity (Wildman–Crippen MR) is 68.4 cm³/mol. The van der Waals surface area contributed by atoms with Crippen molar-refractivity contribution in [1.82, 2.24) is 15.1 Å². The molecule has 0 radical (unpaired) electrons. The monoisotopic (exact) mass is 221 g/mol. The van der Waals surface area contributed by atoms with Crippen LogP contribution < -0.4 is 5.32 Å². The van der Waals surface area contributed by atoms with Gasteiger partial charge < -0.3 is 5.32 Å². The van der Waals surface area contributed by atoms with Crippen molar-refractivity contribution in [2.45, 2.75) is 46.7 Å². The number of allylic oxidation sites excluding steroid dienone is 1. The van der Waals surface area contributed by atoms with Gasteiger partial charge in [-0.2, -0.15) is 5.10 Å². The highest BCUT2D eigenvalue weighted by atomic mass is 15.3. The fraction of sp³-hybridized carbons (Fsp3) is 0.615. The van der Waals surface area contributed by atoms with Crippen molar-refractivity contribution in [3.8, 4) is 0 Å². The molecule has 1 rings (SSSR count). The van der Waals surface area contributed by atoms with Crippen LogP contribution in [0.3, 0.4) is 0 Å². The van der Waals surface area contributed by atoms with Gasteiger partial charge in [-0.25, -0.2) is 0 Å². The SMILES string of the molecule is C=C(CC)Cn1ncc(CNCCC)c1C. The molecule has 1 aromatic heterocycles. The molecule has 0 saturated carbocycles. The highest BCUT2D eigenvalue weighted by molar-refractivity contribution is 5.16. The topological polar surface area (TPSA) is 29.9 Å². The van der Waals surface area contributed by atoms with Gasteiger partial charge in [-0.05, 0) is 26.3 Å². The number of nitrogens with one attached hydrogen (secondary N) is 1. The normalized spacial score (nSPS) is 10.7. The van der Waals surface area contributed by atoms with Gasteiger partial charge >= 0.3 is 0 Å². The van der Waals surface area contributed by atoms with Crippen molar-refractivity contribution in [2.75, 3.05) is 6.54 Å². The molecule has 0 amide bonds. The van der Waals surface area contributed by atoms with Crippen LogP contribution in [0.2, 0.25) is 0 Å². The molecule has 0 atom stereocenters. The Kier molecular flexibility index (Phi) is 5.26. The van der Waals surface area contributed by atoms with E-state index in [1.807, 2.05) is 10.9 Å². The maximum absolute atomic E-state index is 4.40. The summed E-state index contributed by atoms with van der Waals surface area (Å²) in [4.78, 5) is 0. The number of aromatic nitrogens is 2. The zero-order valence-electron chi connectivity index (χ0n) is 10.7. The van der Waals surface area contributed by atoms with E-state index < -0.39 is 0 Å². The Hall–Kier alpha value is -1.09. The molecule has 1 aromatic rings. The van der Waals surface area contributed by atoms with Crippen LogP contribution in [0.25, 0.3) is 0 Å². The minimum Gasteiger partial charge on any atom is -0.313 e. The van der Waals surface area contributed by atoms with Gasteiger partial charge in [0.2, 0.25) is 0 Å². The number of rotatable bonds is 7. The molecule has 0 aliphatic heterocycles. The quantitative estimate of drug-likeness (QED) is 0.566. The summed E-state index contributed by atoms with van der Waals surface area (Å²) in [5, 5.41) is 7.80. The summed E-state index contributed by atoms with van der Waals surface area (Å²) < 4.78 is 2.04. The zero-order chi connectivity index (χ0) is 12.0. The molecule has 0 unspecified atom stereocenters. The van der Waals surface area contributed by atoms with Gasteiger partial charge in [0.25, 0.3) is 0 Å². The highest BCUT2D eigenvalue weighted by Gasteiger charge is 2.05. The molecule has 3 nitrogen and oxygen atoms in total. The van der Waals surface area contributed by atoms with E-state index >= 15 is 0 Å². The minimum absolute atomic E-state index is 0.843. The first-order chi connectivity index (χ1) is 7.69. The molecule has 3 heteroatoms. The molecule has 0 fully saturated rings. The van der Waals surface area contributed by atoms with Crippen molar-refractivity contribution in [1.29, 1.82) is 0 Å². The fourth-order valence-corrected chi connectivity index (χ4v) is 1.54. The van der Waals surface area contributed by atoms with Gasteiger partial charge in [-0.1, -0.05) is 26.0 Å². The van der Waals surface area contributed by atoms with Crippen molar-refractivity contribution >= 4 is 0 Å². The Morgan fingerprint density at radius 1 is 1.50 bits per heavy atom. The Labute approximate surface area is 98.5 Å². The van der Waals surface area contributed by atoms with Gasteiger partial charge in [0.05, 0.1) is 12.7 Å². The predicted octanol–water partition coefficient (Wildman–Crippen LogP) is 2.66. The zero-order valence-corrected chi connectivity index (χ0v) is 10.7. The Balaban J connectivity index is 2.58. The first-order valence-corrected chi connectivity index (χ1v) is 6.07. The van der Waals surface area contributed by atoms with Crippen LogP contribution in [0.1, 0.15) is 37.9 Å². The second-order valence-electron chi connectivity index (χ2n) is 4.19. The van der Waals surface area contributed by atoms with Crippen molar-refractivity contribution < 1.29 is 0 Å². The largest absolute Gasteiger partial charge is 0.313 e. The second kappa shape index (κ2) is 6.48. The van der Waals surface area contributed by atoms with Gasteiger partial charge in [0.1, 0.15) is 0 Å². The van der Waals surface area contributed by atoms with E-state index in [0.29, 0.717) is 0 Å². The Morgan fingerprint density at radius 2 is 2.25 bits per heavy atom. The van der Waals surface area contributed by atoms with E-state index in [4.69, 9.17) is 0 Å². The first-order valence-electron chi connectivity index (χ1n) is 6.07. The van der Waals surface area contributed by atoms with Crippen LogP contribution in [0.4, 0.5) is 0 Å². The summed E-state index contributed by atoms with van der Waals surface area (Å²) in [6.45, 7) is 13.3. The maximum Gasteiger partial charge on any atom is 0.0619 e. The van der Waals surface area contributed by atoms with Crippen LogP contribution in [0.5, 0.6) is 0 Å². The average molecular weight is 221 g/mol. The van der Waals surface area contributed by atoms with Crippen molar-refractivity contribution in [3.63, 3.8) is 0 Å². The lowest BCUT2D eigenvalue weighted by Crippen LogP contribution is -2.14. The molecule has 1 N–H and O–H groups in total. The molecule has 16 heavy (non-hydrogen) atoms.